The fourth-order valence-corrected chi connectivity index (χ4v) is 1.28. The fourth-order valence-electron chi connectivity index (χ4n) is 1.28. The lowest BCUT2D eigenvalue weighted by Crippen LogP contribution is -2.49. The van der Waals surface area contributed by atoms with E-state index in [9.17, 15) is 9.59 Å². The van der Waals surface area contributed by atoms with Crippen LogP contribution < -0.4 is 10.6 Å². The molecular weight excluding hydrogens is 206 g/mol. The topological polar surface area (TPSA) is 61.4 Å². The second-order valence-corrected chi connectivity index (χ2v) is 3.38. The van der Waals surface area contributed by atoms with Crippen LogP contribution in [0.5, 0.6) is 0 Å². The van der Waals surface area contributed by atoms with Crippen molar-refractivity contribution in [1.82, 2.24) is 15.5 Å². The molecule has 2 N–H and O–H groups in total. The molecule has 0 aromatic rings. The number of urea groups is 1. The molecule has 1 unspecified atom stereocenters. The van der Waals surface area contributed by atoms with Crippen molar-refractivity contribution in [1.29, 1.82) is 0 Å². The number of amides is 3. The van der Waals surface area contributed by atoms with E-state index in [1.807, 2.05) is 13.8 Å². The molecule has 5 nitrogen and oxygen atoms in total. The van der Waals surface area contributed by atoms with Gasteiger partial charge in [-0.25, -0.2) is 4.79 Å². The number of carbonyl (C=O) groups is 2. The largest absolute Gasteiger partial charge is 0.341 e. The highest BCUT2D eigenvalue weighted by molar-refractivity contribution is 5.86. The molecule has 0 aliphatic heterocycles. The molecule has 0 bridgehead atoms. The first kappa shape index (κ1) is 14.5. The van der Waals surface area contributed by atoms with Crippen molar-refractivity contribution in [3.8, 4) is 0 Å². The fraction of sp³-hybridized carbons (Fsp3) is 0.636. The summed E-state index contributed by atoms with van der Waals surface area (Å²) >= 11 is 0. The van der Waals surface area contributed by atoms with Gasteiger partial charge in [0.25, 0.3) is 0 Å². The maximum atomic E-state index is 11.8. The quantitative estimate of drug-likeness (QED) is 0.657. The molecule has 0 radical (unpaired) electrons. The number of nitrogens with zero attached hydrogens (tertiary/aromatic N) is 1. The number of rotatable bonds is 6. The Balaban J connectivity index is 4.13. The minimum atomic E-state index is -0.510. The molecule has 3 amide bonds. The predicted molar refractivity (Wildman–Crippen MR) is 64.1 cm³/mol. The second kappa shape index (κ2) is 7.73. The van der Waals surface area contributed by atoms with Crippen LogP contribution in [-0.4, -0.2) is 42.5 Å². The van der Waals surface area contributed by atoms with E-state index in [0.717, 1.165) is 0 Å². The predicted octanol–water partition coefficient (Wildman–Crippen LogP) is 0.728. The van der Waals surface area contributed by atoms with Crippen LogP contribution in [-0.2, 0) is 4.79 Å². The molecule has 1 atom stereocenters. The number of hydrogen-bond donors (Lipinski definition) is 2. The van der Waals surface area contributed by atoms with E-state index in [-0.39, 0.29) is 11.9 Å². The Morgan fingerprint density at radius 1 is 1.38 bits per heavy atom. The van der Waals surface area contributed by atoms with Crippen LogP contribution >= 0.6 is 0 Å². The highest BCUT2D eigenvalue weighted by Gasteiger charge is 2.19. The Morgan fingerprint density at radius 3 is 2.38 bits per heavy atom. The summed E-state index contributed by atoms with van der Waals surface area (Å²) in [5.41, 5.74) is 0. The molecule has 0 aliphatic carbocycles. The van der Waals surface area contributed by atoms with Crippen LogP contribution in [0.15, 0.2) is 12.7 Å². The molecule has 0 aromatic heterocycles. The molecule has 16 heavy (non-hydrogen) atoms. The number of nitrogens with one attached hydrogen (secondary N) is 2. The number of hydrogen-bond acceptors (Lipinski definition) is 2. The van der Waals surface area contributed by atoms with Crippen molar-refractivity contribution < 1.29 is 9.59 Å². The van der Waals surface area contributed by atoms with Crippen molar-refractivity contribution in [2.75, 3.05) is 19.6 Å². The molecule has 0 aliphatic rings. The first-order valence-electron chi connectivity index (χ1n) is 5.50. The number of likely N-dealkylation sites (N-methyl/N-ethyl adjacent to an activating group) is 1. The van der Waals surface area contributed by atoms with Gasteiger partial charge in [-0.3, -0.25) is 4.79 Å². The molecule has 0 aromatic carbocycles. The zero-order valence-corrected chi connectivity index (χ0v) is 10.2. The molecule has 5 heteroatoms. The second-order valence-electron chi connectivity index (χ2n) is 3.38. The average molecular weight is 227 g/mol. The summed E-state index contributed by atoms with van der Waals surface area (Å²) in [5, 5.41) is 5.13. The first-order valence-corrected chi connectivity index (χ1v) is 5.50. The maximum absolute atomic E-state index is 11.8. The van der Waals surface area contributed by atoms with E-state index >= 15 is 0 Å². The molecule has 0 rings (SSSR count). The van der Waals surface area contributed by atoms with Gasteiger partial charge in [-0.05, 0) is 20.8 Å². The van der Waals surface area contributed by atoms with Crippen LogP contribution in [0.4, 0.5) is 4.79 Å². The van der Waals surface area contributed by atoms with Gasteiger partial charge in [0.1, 0.15) is 6.04 Å². The van der Waals surface area contributed by atoms with E-state index in [4.69, 9.17) is 0 Å². The molecule has 0 saturated heterocycles. The minimum absolute atomic E-state index is 0.0706. The lowest BCUT2D eigenvalue weighted by molar-refractivity contribution is -0.132. The van der Waals surface area contributed by atoms with E-state index < -0.39 is 6.04 Å². The molecule has 0 heterocycles. The normalized spacial score (nSPS) is 11.4. The van der Waals surface area contributed by atoms with Crippen molar-refractivity contribution in [2.24, 2.45) is 0 Å². The summed E-state index contributed by atoms with van der Waals surface area (Å²) in [5.74, 6) is -0.0706. The Kier molecular flexibility index (Phi) is 7.00. The van der Waals surface area contributed by atoms with Crippen molar-refractivity contribution in [3.05, 3.63) is 12.7 Å². The highest BCUT2D eigenvalue weighted by Crippen LogP contribution is 1.94. The van der Waals surface area contributed by atoms with Gasteiger partial charge >= 0.3 is 6.03 Å². The van der Waals surface area contributed by atoms with E-state index in [0.29, 0.717) is 19.6 Å². The standard InChI is InChI=1S/C11H21N3O2/c1-5-8-12-11(16)13-9(4)10(15)14(6-2)7-3/h5,9H,1,6-8H2,2-4H3,(H2,12,13,16). The molecular formula is C11H21N3O2. The monoisotopic (exact) mass is 227 g/mol. The van der Waals surface area contributed by atoms with Gasteiger partial charge in [0.2, 0.25) is 5.91 Å². The Morgan fingerprint density at radius 2 is 1.94 bits per heavy atom. The van der Waals surface area contributed by atoms with Gasteiger partial charge < -0.3 is 15.5 Å². The summed E-state index contributed by atoms with van der Waals surface area (Å²) in [6, 6.07) is -0.863. The lowest BCUT2D eigenvalue weighted by Gasteiger charge is -2.23. The van der Waals surface area contributed by atoms with Gasteiger partial charge in [-0.15, -0.1) is 6.58 Å². The van der Waals surface area contributed by atoms with Gasteiger partial charge in [-0.1, -0.05) is 6.08 Å². The van der Waals surface area contributed by atoms with E-state index in [1.54, 1.807) is 17.9 Å². The summed E-state index contributed by atoms with van der Waals surface area (Å²) in [7, 11) is 0. The summed E-state index contributed by atoms with van der Waals surface area (Å²) in [4.78, 5) is 24.7. The Labute approximate surface area is 96.9 Å². The maximum Gasteiger partial charge on any atom is 0.315 e. The van der Waals surface area contributed by atoms with Gasteiger partial charge in [0.05, 0.1) is 0 Å². The SMILES string of the molecule is C=CCNC(=O)NC(C)C(=O)N(CC)CC. The third kappa shape index (κ3) is 4.82. The van der Waals surface area contributed by atoms with Crippen LogP contribution in [0.25, 0.3) is 0 Å². The molecule has 92 valence electrons. The van der Waals surface area contributed by atoms with Crippen LogP contribution in [0.2, 0.25) is 0 Å². The lowest BCUT2D eigenvalue weighted by atomic mass is 10.3. The van der Waals surface area contributed by atoms with Crippen LogP contribution in [0.3, 0.4) is 0 Å². The van der Waals surface area contributed by atoms with Crippen molar-refractivity contribution in [3.63, 3.8) is 0 Å². The van der Waals surface area contributed by atoms with Crippen LogP contribution in [0.1, 0.15) is 20.8 Å². The molecule has 0 saturated carbocycles. The summed E-state index contributed by atoms with van der Waals surface area (Å²) in [6.07, 6.45) is 1.58. The Bertz CT molecular complexity index is 250. The van der Waals surface area contributed by atoms with Crippen LogP contribution in [0, 0.1) is 0 Å². The zero-order valence-electron chi connectivity index (χ0n) is 10.2. The third-order valence-corrected chi connectivity index (χ3v) is 2.20. The van der Waals surface area contributed by atoms with Gasteiger partial charge in [0.15, 0.2) is 0 Å². The van der Waals surface area contributed by atoms with E-state index in [1.165, 1.54) is 0 Å². The van der Waals surface area contributed by atoms with Gasteiger partial charge in [0, 0.05) is 19.6 Å². The molecule has 0 fully saturated rings. The Hall–Kier alpha value is -1.52. The van der Waals surface area contributed by atoms with Crippen molar-refractivity contribution >= 4 is 11.9 Å². The third-order valence-electron chi connectivity index (χ3n) is 2.20. The zero-order chi connectivity index (χ0) is 12.6. The smallest absolute Gasteiger partial charge is 0.315 e. The summed E-state index contributed by atoms with van der Waals surface area (Å²) in [6.45, 7) is 10.7. The van der Waals surface area contributed by atoms with Gasteiger partial charge in [-0.2, -0.15) is 0 Å². The highest BCUT2D eigenvalue weighted by atomic mass is 16.2. The molecule has 0 spiro atoms. The first-order chi connectivity index (χ1) is 7.56. The minimum Gasteiger partial charge on any atom is -0.341 e. The van der Waals surface area contributed by atoms with Crippen molar-refractivity contribution in [2.45, 2.75) is 26.8 Å². The summed E-state index contributed by atoms with van der Waals surface area (Å²) < 4.78 is 0. The average Bonchev–Trinajstić information content (AvgIpc) is 2.27. The number of carbonyl (C=O) groups excluding carboxylic acids is 2. The van der Waals surface area contributed by atoms with E-state index in [2.05, 4.69) is 17.2 Å².